The smallest absolute Gasteiger partial charge is 0.321 e. The number of hydrogen-bond acceptors (Lipinski definition) is 5. The quantitative estimate of drug-likeness (QED) is 0.548. The van der Waals surface area contributed by atoms with Crippen LogP contribution in [0.5, 0.6) is 0 Å². The van der Waals surface area contributed by atoms with Gasteiger partial charge in [-0.2, -0.15) is 0 Å². The van der Waals surface area contributed by atoms with E-state index >= 15 is 0 Å². The van der Waals surface area contributed by atoms with Gasteiger partial charge in [0.2, 0.25) is 5.91 Å². The average molecular weight is 451 g/mol. The zero-order valence-electron chi connectivity index (χ0n) is 18.2. The molecule has 0 aliphatic carbocycles. The summed E-state index contributed by atoms with van der Waals surface area (Å²) >= 11 is 1.31. The van der Waals surface area contributed by atoms with Crippen LogP contribution >= 0.6 is 11.8 Å². The molecule has 0 bridgehead atoms. The highest BCUT2D eigenvalue weighted by Crippen LogP contribution is 2.24. The Morgan fingerprint density at radius 2 is 1.72 bits per heavy atom. The SMILES string of the molecule is Cc1ccc(-n2cnnc2SCC(=O)Nc2ccccc2NC(=O)N2CCCC2)cc1C. The maximum Gasteiger partial charge on any atom is 0.321 e. The van der Waals surface area contributed by atoms with Gasteiger partial charge in [0.05, 0.1) is 17.1 Å². The fourth-order valence-electron chi connectivity index (χ4n) is 3.51. The number of anilines is 2. The molecule has 1 aliphatic rings. The van der Waals surface area contributed by atoms with Crippen molar-refractivity contribution in [2.75, 3.05) is 29.5 Å². The van der Waals surface area contributed by atoms with E-state index in [4.69, 9.17) is 0 Å². The first-order valence-corrected chi connectivity index (χ1v) is 11.5. The molecule has 1 fully saturated rings. The number of hydrogen-bond donors (Lipinski definition) is 2. The molecule has 2 aromatic carbocycles. The first-order valence-electron chi connectivity index (χ1n) is 10.6. The first kappa shape index (κ1) is 21.9. The largest absolute Gasteiger partial charge is 0.325 e. The number of benzene rings is 2. The maximum absolute atomic E-state index is 12.6. The van der Waals surface area contributed by atoms with Gasteiger partial charge in [0.15, 0.2) is 5.16 Å². The van der Waals surface area contributed by atoms with Gasteiger partial charge in [0.1, 0.15) is 6.33 Å². The van der Waals surface area contributed by atoms with Crippen LogP contribution in [0.3, 0.4) is 0 Å². The molecule has 0 saturated carbocycles. The highest BCUT2D eigenvalue weighted by atomic mass is 32.2. The van der Waals surface area contributed by atoms with Gasteiger partial charge in [-0.15, -0.1) is 10.2 Å². The molecule has 2 heterocycles. The summed E-state index contributed by atoms with van der Waals surface area (Å²) in [6, 6.07) is 13.2. The van der Waals surface area contributed by atoms with E-state index in [0.717, 1.165) is 31.6 Å². The Balaban J connectivity index is 1.39. The number of rotatable bonds is 6. The van der Waals surface area contributed by atoms with Crippen LogP contribution < -0.4 is 10.6 Å². The monoisotopic (exact) mass is 450 g/mol. The number of carbonyl (C=O) groups is 2. The van der Waals surface area contributed by atoms with Crippen LogP contribution in [0.2, 0.25) is 0 Å². The first-order chi connectivity index (χ1) is 15.5. The normalized spacial score (nSPS) is 13.2. The summed E-state index contributed by atoms with van der Waals surface area (Å²) in [5.74, 6) is -0.0229. The second kappa shape index (κ2) is 9.86. The Kier molecular flexibility index (Phi) is 6.75. The number of aryl methyl sites for hydroxylation is 2. The van der Waals surface area contributed by atoms with Gasteiger partial charge in [0.25, 0.3) is 0 Å². The Bertz CT molecular complexity index is 1120. The predicted octanol–water partition coefficient (Wildman–Crippen LogP) is 4.24. The van der Waals surface area contributed by atoms with Crippen molar-refractivity contribution in [1.82, 2.24) is 19.7 Å². The second-order valence-corrected chi connectivity index (χ2v) is 8.70. The molecule has 0 spiro atoms. The van der Waals surface area contributed by atoms with E-state index in [1.165, 1.54) is 22.9 Å². The van der Waals surface area contributed by atoms with Gasteiger partial charge in [-0.25, -0.2) is 4.79 Å². The number of urea groups is 1. The minimum Gasteiger partial charge on any atom is -0.325 e. The van der Waals surface area contributed by atoms with E-state index in [2.05, 4.69) is 46.8 Å². The molecule has 1 aliphatic heterocycles. The van der Waals surface area contributed by atoms with Crippen LogP contribution in [-0.4, -0.2) is 50.4 Å². The van der Waals surface area contributed by atoms with Gasteiger partial charge < -0.3 is 15.5 Å². The number of carbonyl (C=O) groups excluding carboxylic acids is 2. The molecule has 166 valence electrons. The van der Waals surface area contributed by atoms with Crippen LogP contribution in [0.4, 0.5) is 16.2 Å². The number of likely N-dealkylation sites (tertiary alicyclic amines) is 1. The highest BCUT2D eigenvalue weighted by molar-refractivity contribution is 7.99. The Hall–Kier alpha value is -3.33. The molecule has 8 nitrogen and oxygen atoms in total. The summed E-state index contributed by atoms with van der Waals surface area (Å²) in [7, 11) is 0. The second-order valence-electron chi connectivity index (χ2n) is 7.76. The summed E-state index contributed by atoms with van der Waals surface area (Å²) in [4.78, 5) is 26.9. The third-order valence-electron chi connectivity index (χ3n) is 5.45. The molecule has 3 aromatic rings. The number of nitrogens with one attached hydrogen (secondary N) is 2. The standard InChI is InChI=1S/C23H26N6O2S/c1-16-9-10-18(13-17(16)2)29-15-24-27-23(29)32-14-21(30)25-19-7-3-4-8-20(19)26-22(31)28-11-5-6-12-28/h3-4,7-10,13,15H,5-6,11-12,14H2,1-2H3,(H,25,30)(H,26,31). The Morgan fingerprint density at radius 3 is 2.44 bits per heavy atom. The molecular formula is C23H26N6O2S. The van der Waals surface area contributed by atoms with Crippen LogP contribution in [0, 0.1) is 13.8 Å². The molecule has 3 amide bonds. The summed E-state index contributed by atoms with van der Waals surface area (Å²) in [6.45, 7) is 5.65. The molecule has 1 saturated heterocycles. The lowest BCUT2D eigenvalue weighted by atomic mass is 10.1. The van der Waals surface area contributed by atoms with E-state index in [9.17, 15) is 9.59 Å². The van der Waals surface area contributed by atoms with Crippen molar-refractivity contribution in [3.05, 3.63) is 59.9 Å². The number of thioether (sulfide) groups is 1. The molecule has 9 heteroatoms. The summed E-state index contributed by atoms with van der Waals surface area (Å²) in [6.07, 6.45) is 3.69. The van der Waals surface area contributed by atoms with E-state index in [1.807, 2.05) is 22.8 Å². The summed E-state index contributed by atoms with van der Waals surface area (Å²) in [5.41, 5.74) is 4.50. The van der Waals surface area contributed by atoms with Crippen LogP contribution in [0.25, 0.3) is 5.69 Å². The predicted molar refractivity (Wildman–Crippen MR) is 126 cm³/mol. The van der Waals surface area contributed by atoms with Crippen LogP contribution in [0.15, 0.2) is 53.9 Å². The number of para-hydroxylation sites is 2. The van der Waals surface area contributed by atoms with Crippen molar-refractivity contribution in [3.8, 4) is 5.69 Å². The third-order valence-corrected chi connectivity index (χ3v) is 6.40. The van der Waals surface area contributed by atoms with Gasteiger partial charge >= 0.3 is 6.03 Å². The molecular weight excluding hydrogens is 424 g/mol. The van der Waals surface area contributed by atoms with E-state index in [0.29, 0.717) is 16.5 Å². The molecule has 0 radical (unpaired) electrons. The fourth-order valence-corrected chi connectivity index (χ4v) is 4.24. The topological polar surface area (TPSA) is 92.1 Å². The van der Waals surface area contributed by atoms with Gasteiger partial charge in [-0.3, -0.25) is 9.36 Å². The average Bonchev–Trinajstić information content (AvgIpc) is 3.48. The van der Waals surface area contributed by atoms with Gasteiger partial charge in [0, 0.05) is 18.8 Å². The zero-order chi connectivity index (χ0) is 22.5. The fraction of sp³-hybridized carbons (Fsp3) is 0.304. The lowest BCUT2D eigenvalue weighted by Gasteiger charge is -2.18. The van der Waals surface area contributed by atoms with Gasteiger partial charge in [-0.1, -0.05) is 30.0 Å². The molecule has 2 N–H and O–H groups in total. The molecule has 0 unspecified atom stereocenters. The van der Waals surface area contributed by atoms with Crippen molar-refractivity contribution >= 4 is 35.1 Å². The molecule has 1 aromatic heterocycles. The van der Waals surface area contributed by atoms with E-state index in [-0.39, 0.29) is 17.7 Å². The highest BCUT2D eigenvalue weighted by Gasteiger charge is 2.19. The van der Waals surface area contributed by atoms with Crippen molar-refractivity contribution in [2.24, 2.45) is 0 Å². The zero-order valence-corrected chi connectivity index (χ0v) is 19.0. The number of amides is 3. The van der Waals surface area contributed by atoms with Crippen molar-refractivity contribution in [3.63, 3.8) is 0 Å². The van der Waals surface area contributed by atoms with Crippen LogP contribution in [0.1, 0.15) is 24.0 Å². The maximum atomic E-state index is 12.6. The Morgan fingerprint density at radius 1 is 1.00 bits per heavy atom. The van der Waals surface area contributed by atoms with Crippen LogP contribution in [-0.2, 0) is 4.79 Å². The van der Waals surface area contributed by atoms with E-state index < -0.39 is 0 Å². The lowest BCUT2D eigenvalue weighted by molar-refractivity contribution is -0.113. The Labute approximate surface area is 191 Å². The minimum atomic E-state index is -0.187. The van der Waals surface area contributed by atoms with E-state index in [1.54, 1.807) is 23.4 Å². The molecule has 4 rings (SSSR count). The number of nitrogens with zero attached hydrogens (tertiary/aromatic N) is 4. The van der Waals surface area contributed by atoms with Gasteiger partial charge in [-0.05, 0) is 62.1 Å². The summed E-state index contributed by atoms with van der Waals surface area (Å²) < 4.78 is 1.87. The molecule has 32 heavy (non-hydrogen) atoms. The summed E-state index contributed by atoms with van der Waals surface area (Å²) in [5, 5.41) is 14.6. The number of aromatic nitrogens is 3. The third kappa shape index (κ3) is 5.11. The molecule has 0 atom stereocenters. The van der Waals surface area contributed by atoms with Crippen molar-refractivity contribution in [2.45, 2.75) is 31.8 Å². The van der Waals surface area contributed by atoms with Crippen molar-refractivity contribution < 1.29 is 9.59 Å². The lowest BCUT2D eigenvalue weighted by Crippen LogP contribution is -2.32. The minimum absolute atomic E-state index is 0.139. The van der Waals surface area contributed by atoms with Crippen molar-refractivity contribution in [1.29, 1.82) is 0 Å².